The Labute approximate surface area is 215 Å². The van der Waals surface area contributed by atoms with Gasteiger partial charge >= 0.3 is 0 Å². The number of hydrogen-bond donors (Lipinski definition) is 1. The summed E-state index contributed by atoms with van der Waals surface area (Å²) in [6, 6.07) is 22.6. The fourth-order valence-corrected chi connectivity index (χ4v) is 7.35. The summed E-state index contributed by atoms with van der Waals surface area (Å²) in [5.74, 6) is 0. The van der Waals surface area contributed by atoms with Crippen molar-refractivity contribution in [2.45, 2.75) is 4.90 Å². The van der Waals surface area contributed by atoms with Crippen LogP contribution in [0.15, 0.2) is 82.8 Å². The molecule has 1 N–H and O–H groups in total. The summed E-state index contributed by atoms with van der Waals surface area (Å²) in [5, 5.41) is 6.17. The smallest absolute Gasteiger partial charge is 0.243 e. The van der Waals surface area contributed by atoms with Crippen LogP contribution in [0.5, 0.6) is 0 Å². The maximum atomic E-state index is 13.1. The third-order valence-corrected chi connectivity index (χ3v) is 9.71. The molecular formula is C25H21N5O3S3. The highest BCUT2D eigenvalue weighted by Crippen LogP contribution is 2.29. The summed E-state index contributed by atoms with van der Waals surface area (Å²) in [6.45, 7) is 1.49. The van der Waals surface area contributed by atoms with E-state index in [0.29, 0.717) is 37.7 Å². The molecule has 36 heavy (non-hydrogen) atoms. The molecule has 0 radical (unpaired) electrons. The van der Waals surface area contributed by atoms with Crippen LogP contribution >= 0.6 is 22.7 Å². The van der Waals surface area contributed by atoms with Gasteiger partial charge in [-0.05, 0) is 42.5 Å². The highest BCUT2D eigenvalue weighted by molar-refractivity contribution is 7.89. The Morgan fingerprint density at radius 1 is 0.861 bits per heavy atom. The van der Waals surface area contributed by atoms with Gasteiger partial charge < -0.3 is 4.74 Å². The summed E-state index contributed by atoms with van der Waals surface area (Å²) in [7, 11) is -3.62. The molecule has 1 saturated heterocycles. The van der Waals surface area contributed by atoms with Gasteiger partial charge in [0.1, 0.15) is 10.0 Å². The van der Waals surface area contributed by atoms with Crippen LogP contribution in [0.1, 0.15) is 10.0 Å². The molecule has 0 aliphatic carbocycles. The van der Waals surface area contributed by atoms with Crippen LogP contribution in [0, 0.1) is 0 Å². The van der Waals surface area contributed by atoms with Crippen molar-refractivity contribution in [1.82, 2.24) is 14.3 Å². The van der Waals surface area contributed by atoms with Crippen LogP contribution in [0.3, 0.4) is 0 Å². The summed E-state index contributed by atoms with van der Waals surface area (Å²) in [5.41, 5.74) is 6.02. The van der Waals surface area contributed by atoms with Gasteiger partial charge in [-0.3, -0.25) is 5.43 Å². The molecule has 5 aromatic rings. The first-order chi connectivity index (χ1) is 17.6. The van der Waals surface area contributed by atoms with Gasteiger partial charge in [0.05, 0.1) is 44.2 Å². The van der Waals surface area contributed by atoms with E-state index in [1.165, 1.54) is 4.31 Å². The molecule has 0 amide bonds. The van der Waals surface area contributed by atoms with Gasteiger partial charge in [0.15, 0.2) is 5.71 Å². The Morgan fingerprint density at radius 3 is 2.08 bits per heavy atom. The van der Waals surface area contributed by atoms with Crippen LogP contribution in [0.25, 0.3) is 20.4 Å². The lowest BCUT2D eigenvalue weighted by molar-refractivity contribution is 0.0730. The number of morpholine rings is 1. The average Bonchev–Trinajstić information content (AvgIpc) is 3.54. The van der Waals surface area contributed by atoms with Gasteiger partial charge in [-0.1, -0.05) is 30.3 Å². The molecule has 0 bridgehead atoms. The van der Waals surface area contributed by atoms with Crippen LogP contribution < -0.4 is 5.43 Å². The van der Waals surface area contributed by atoms with Crippen molar-refractivity contribution in [3.05, 3.63) is 82.8 Å². The molecule has 8 nitrogen and oxygen atoms in total. The first-order valence-electron chi connectivity index (χ1n) is 11.3. The first kappa shape index (κ1) is 23.2. The second-order valence-corrected chi connectivity index (χ2v) is 12.1. The molecule has 2 aromatic heterocycles. The summed E-state index contributed by atoms with van der Waals surface area (Å²) >= 11 is 3.08. The summed E-state index contributed by atoms with van der Waals surface area (Å²) in [4.78, 5) is 9.79. The zero-order valence-electron chi connectivity index (χ0n) is 19.0. The van der Waals surface area contributed by atoms with Gasteiger partial charge in [-0.2, -0.15) is 9.41 Å². The van der Waals surface area contributed by atoms with E-state index in [1.54, 1.807) is 46.9 Å². The topological polar surface area (TPSA) is 96.8 Å². The van der Waals surface area contributed by atoms with Gasteiger partial charge in [0.2, 0.25) is 10.0 Å². The number of sulfonamides is 1. The first-order valence-corrected chi connectivity index (χ1v) is 14.4. The van der Waals surface area contributed by atoms with Crippen molar-refractivity contribution >= 4 is 64.5 Å². The lowest BCUT2D eigenvalue weighted by Crippen LogP contribution is -2.40. The standard InChI is InChI=1S/C25H21N5O3S3/c31-36(32,30-12-14-33-15-13-30)18-7-5-6-17(16-18)28-29-23(24-26-19-8-1-3-10-21(19)34-24)25-27-20-9-2-4-11-22(20)35-25/h1-11,16,28H,12-15H2. The van der Waals surface area contributed by atoms with E-state index >= 15 is 0 Å². The number of para-hydroxylation sites is 2. The fourth-order valence-electron chi connectivity index (χ4n) is 3.92. The molecule has 3 aromatic carbocycles. The summed E-state index contributed by atoms with van der Waals surface area (Å²) < 4.78 is 35.1. The van der Waals surface area contributed by atoms with E-state index < -0.39 is 10.0 Å². The Balaban J connectivity index is 1.38. The van der Waals surface area contributed by atoms with Crippen LogP contribution in [0.4, 0.5) is 5.69 Å². The number of nitrogens with zero attached hydrogens (tertiary/aromatic N) is 4. The monoisotopic (exact) mass is 535 g/mol. The lowest BCUT2D eigenvalue weighted by Gasteiger charge is -2.26. The van der Waals surface area contributed by atoms with Crippen molar-refractivity contribution in [2.75, 3.05) is 31.7 Å². The number of thiazole rings is 2. The van der Waals surface area contributed by atoms with Gasteiger partial charge in [-0.25, -0.2) is 18.4 Å². The molecule has 0 spiro atoms. The van der Waals surface area contributed by atoms with Crippen LogP contribution in [-0.4, -0.2) is 54.7 Å². The molecule has 1 aliphatic heterocycles. The minimum Gasteiger partial charge on any atom is -0.379 e. The number of benzene rings is 3. The van der Waals surface area contributed by atoms with E-state index in [2.05, 4.69) is 5.43 Å². The molecule has 1 aliphatic rings. The molecule has 6 rings (SSSR count). The number of nitrogens with one attached hydrogen (secondary N) is 1. The molecule has 0 saturated carbocycles. The van der Waals surface area contributed by atoms with E-state index in [1.807, 2.05) is 48.5 Å². The average molecular weight is 536 g/mol. The number of hydrazone groups is 1. The molecule has 3 heterocycles. The minimum absolute atomic E-state index is 0.214. The third-order valence-electron chi connectivity index (χ3n) is 5.73. The van der Waals surface area contributed by atoms with Crippen molar-refractivity contribution in [3.63, 3.8) is 0 Å². The zero-order valence-corrected chi connectivity index (χ0v) is 21.4. The molecular weight excluding hydrogens is 515 g/mol. The van der Waals surface area contributed by atoms with E-state index in [0.717, 1.165) is 30.4 Å². The molecule has 11 heteroatoms. The quantitative estimate of drug-likeness (QED) is 0.248. The number of fused-ring (bicyclic) bond motifs is 2. The largest absolute Gasteiger partial charge is 0.379 e. The normalized spacial score (nSPS) is 14.8. The van der Waals surface area contributed by atoms with Crippen molar-refractivity contribution in [3.8, 4) is 0 Å². The van der Waals surface area contributed by atoms with Gasteiger partial charge in [0, 0.05) is 13.1 Å². The van der Waals surface area contributed by atoms with E-state index in [4.69, 9.17) is 19.8 Å². The molecule has 0 atom stereocenters. The molecule has 0 unspecified atom stereocenters. The van der Waals surface area contributed by atoms with Crippen LogP contribution in [-0.2, 0) is 14.8 Å². The number of anilines is 1. The van der Waals surface area contributed by atoms with Crippen molar-refractivity contribution in [2.24, 2.45) is 5.10 Å². The van der Waals surface area contributed by atoms with Crippen LogP contribution in [0.2, 0.25) is 0 Å². The summed E-state index contributed by atoms with van der Waals surface area (Å²) in [6.07, 6.45) is 0. The Morgan fingerprint density at radius 2 is 1.47 bits per heavy atom. The lowest BCUT2D eigenvalue weighted by atomic mass is 10.3. The molecule has 1 fully saturated rings. The number of hydrogen-bond acceptors (Lipinski definition) is 9. The number of ether oxygens (including phenoxy) is 1. The van der Waals surface area contributed by atoms with Crippen molar-refractivity contribution < 1.29 is 13.2 Å². The third kappa shape index (κ3) is 4.51. The zero-order chi connectivity index (χ0) is 24.5. The second-order valence-electron chi connectivity index (χ2n) is 8.09. The van der Waals surface area contributed by atoms with E-state index in [9.17, 15) is 8.42 Å². The second kappa shape index (κ2) is 9.68. The highest BCUT2D eigenvalue weighted by Gasteiger charge is 2.26. The maximum absolute atomic E-state index is 13.1. The minimum atomic E-state index is -3.62. The van der Waals surface area contributed by atoms with Crippen molar-refractivity contribution in [1.29, 1.82) is 0 Å². The predicted molar refractivity (Wildman–Crippen MR) is 145 cm³/mol. The predicted octanol–water partition coefficient (Wildman–Crippen LogP) is 4.79. The Kier molecular flexibility index (Phi) is 6.23. The van der Waals surface area contributed by atoms with Gasteiger partial charge in [-0.15, -0.1) is 22.7 Å². The SMILES string of the molecule is O=S(=O)(c1cccc(NN=C(c2nc3ccccc3s2)c2nc3ccccc3s2)c1)N1CCOCC1. The maximum Gasteiger partial charge on any atom is 0.243 e. The molecule has 182 valence electrons. The highest BCUT2D eigenvalue weighted by atomic mass is 32.2. The Hall–Kier alpha value is -3.22. The fraction of sp³-hybridized carbons (Fsp3) is 0.160. The van der Waals surface area contributed by atoms with E-state index in [-0.39, 0.29) is 4.90 Å². The van der Waals surface area contributed by atoms with Gasteiger partial charge in [0.25, 0.3) is 0 Å². The number of rotatable bonds is 6. The number of aromatic nitrogens is 2. The Bertz CT molecular complexity index is 1550.